The molecule has 0 aliphatic carbocycles. The Balaban J connectivity index is 7.64. The van der Waals surface area contributed by atoms with Gasteiger partial charge in [-0.3, -0.25) is 57.5 Å². The van der Waals surface area contributed by atoms with Crippen molar-refractivity contribution in [2.45, 2.75) is 217 Å². The lowest BCUT2D eigenvalue weighted by Gasteiger charge is -2.37. The number of carbonyl (C=O) groups excluding carboxylic acids is 12. The van der Waals surface area contributed by atoms with Gasteiger partial charge in [0.15, 0.2) is 0 Å². The smallest absolute Gasteiger partial charge is 0.306 e. The monoisotopic (exact) mass is 1810 g/mol. The van der Waals surface area contributed by atoms with Crippen LogP contribution in [0.4, 0.5) is 0 Å². The van der Waals surface area contributed by atoms with Gasteiger partial charge in [-0.1, -0.05) is 38.5 Å². The van der Waals surface area contributed by atoms with E-state index in [1.165, 1.54) is 0 Å². The average Bonchev–Trinajstić information content (AvgIpc) is 0.839. The standard InChI is InChI=1S/C84H164N18O24/c85-31-49-91-37-7-1-13-43-97-71(103)19-25-77(109)119-57-55-115-67-69(117-59-61-121-79(111)27-21-73(105)99-45-15-3-9-39-93-51-33-87)83(125-65-63-123-81(113)29-23-75(107)101-47-17-5-11-41-95-53-35-89)84(126-66-64-124-82(114)30-24-76(108)102-48-18-6-12-42-96-54-36-90)70(118-60-62-122-80(112)28-22-74(106)100-46-16-4-10-40-94-52-34-88)68-116-56-58-120-78(110)26-20-72(104)98-44-14-2-8-38-92-50-32-86/h69-70,83-84,91-96H,1-68,85-90H2,(H,97,103)(H,98,104)(H,99,105)(H,100,106)(H,101,107)(H,102,108). The minimum absolute atomic E-state index is 0.141. The Labute approximate surface area is 747 Å². The van der Waals surface area contributed by atoms with E-state index in [1.54, 1.807) is 0 Å². The van der Waals surface area contributed by atoms with Crippen molar-refractivity contribution in [2.24, 2.45) is 34.4 Å². The van der Waals surface area contributed by atoms with E-state index in [1.807, 2.05) is 0 Å². The zero-order chi connectivity index (χ0) is 92.3. The summed E-state index contributed by atoms with van der Waals surface area (Å²) in [7, 11) is 0. The molecule has 0 fully saturated rings. The highest BCUT2D eigenvalue weighted by Gasteiger charge is 2.39. The summed E-state index contributed by atoms with van der Waals surface area (Å²) in [5.74, 6) is -6.49. The van der Waals surface area contributed by atoms with Gasteiger partial charge < -0.3 is 155 Å². The fourth-order valence-electron chi connectivity index (χ4n) is 11.8. The topological polar surface area (TPSA) is 616 Å². The molecular weight excluding hydrogens is 1650 g/mol. The molecule has 0 radical (unpaired) electrons. The van der Waals surface area contributed by atoms with Gasteiger partial charge >= 0.3 is 35.8 Å². The molecule has 0 aliphatic heterocycles. The summed E-state index contributed by atoms with van der Waals surface area (Å²) in [6.07, 6.45) is 6.51. The highest BCUT2D eigenvalue weighted by Crippen LogP contribution is 2.21. The van der Waals surface area contributed by atoms with Gasteiger partial charge in [-0.25, -0.2) is 0 Å². The third-order valence-electron chi connectivity index (χ3n) is 18.7. The van der Waals surface area contributed by atoms with Crippen LogP contribution in [-0.2, 0) is 114 Å². The molecule has 0 saturated carbocycles. The summed E-state index contributed by atoms with van der Waals surface area (Å²) in [5, 5.41) is 36.3. The molecule has 0 rings (SSSR count). The second-order valence-corrected chi connectivity index (χ2v) is 29.7. The maximum Gasteiger partial charge on any atom is 0.306 e. The third-order valence-corrected chi connectivity index (χ3v) is 18.7. The minimum Gasteiger partial charge on any atom is -0.463 e. The van der Waals surface area contributed by atoms with E-state index in [0.717, 1.165) is 142 Å². The predicted octanol–water partition coefficient (Wildman–Crippen LogP) is -2.49. The van der Waals surface area contributed by atoms with Crippen LogP contribution in [0.1, 0.15) is 193 Å². The van der Waals surface area contributed by atoms with E-state index in [4.69, 9.17) is 91.2 Å². The number of nitrogens with one attached hydrogen (secondary N) is 12. The van der Waals surface area contributed by atoms with Crippen molar-refractivity contribution in [3.05, 3.63) is 0 Å². The van der Waals surface area contributed by atoms with Crippen molar-refractivity contribution in [1.29, 1.82) is 0 Å². The number of carbonyl (C=O) groups is 12. The van der Waals surface area contributed by atoms with Crippen LogP contribution in [0.3, 0.4) is 0 Å². The summed E-state index contributed by atoms with van der Waals surface area (Å²) < 4.78 is 72.1. The number of esters is 6. The molecular formula is C84H164N18O24. The molecule has 734 valence electrons. The van der Waals surface area contributed by atoms with E-state index in [0.29, 0.717) is 131 Å². The van der Waals surface area contributed by atoms with Crippen molar-refractivity contribution < 1.29 is 114 Å². The first kappa shape index (κ1) is 119. The second kappa shape index (κ2) is 91.2. The Kier molecular flexibility index (Phi) is 86.1. The zero-order valence-electron chi connectivity index (χ0n) is 75.7. The van der Waals surface area contributed by atoms with Gasteiger partial charge in [0.2, 0.25) is 35.4 Å². The first-order valence-electron chi connectivity index (χ1n) is 46.0. The fourth-order valence-corrected chi connectivity index (χ4v) is 11.8. The zero-order valence-corrected chi connectivity index (χ0v) is 75.7. The molecule has 6 amide bonds. The number of hydrogen-bond acceptors (Lipinski definition) is 36. The van der Waals surface area contributed by atoms with Crippen LogP contribution in [-0.4, -0.2) is 345 Å². The van der Waals surface area contributed by atoms with E-state index < -0.39 is 113 Å². The number of unbranched alkanes of at least 4 members (excludes halogenated alkanes) is 12. The molecule has 42 nitrogen and oxygen atoms in total. The maximum atomic E-state index is 13.4. The summed E-state index contributed by atoms with van der Waals surface area (Å²) >= 11 is 0. The van der Waals surface area contributed by atoms with Crippen LogP contribution in [0.5, 0.6) is 0 Å². The van der Waals surface area contributed by atoms with Crippen LogP contribution in [0.25, 0.3) is 0 Å². The van der Waals surface area contributed by atoms with E-state index in [-0.39, 0.29) is 152 Å². The van der Waals surface area contributed by atoms with Crippen molar-refractivity contribution in [2.75, 3.05) is 250 Å². The molecule has 0 aromatic heterocycles. The van der Waals surface area contributed by atoms with Crippen molar-refractivity contribution in [3.8, 4) is 0 Å². The molecule has 0 aromatic rings. The molecule has 42 heteroatoms. The van der Waals surface area contributed by atoms with Crippen LogP contribution in [0, 0.1) is 0 Å². The SMILES string of the molecule is NCCNCCCCCNC(=O)CCC(=O)OCCOCC(OCCOC(=O)CCC(=O)NCCCCCNCCN)C(OCCOC(=O)CCC(=O)NCCCCCNCCN)C(OCCOC(=O)CCC(=O)NCCCCCNCCN)C(COCCOC(=O)CCC(=O)NCCCCCNCCN)OCCOC(=O)CCC(=O)NCCCCCNCCN. The van der Waals surface area contributed by atoms with Gasteiger partial charge in [0.1, 0.15) is 64.1 Å². The first-order chi connectivity index (χ1) is 61.4. The molecule has 4 unspecified atom stereocenters. The van der Waals surface area contributed by atoms with Crippen LogP contribution in [0.2, 0.25) is 0 Å². The molecule has 0 aliphatic rings. The summed E-state index contributed by atoms with van der Waals surface area (Å²) in [5.41, 5.74) is 33.3. The quantitative estimate of drug-likeness (QED) is 0.0170. The Hall–Kier alpha value is -7.08. The van der Waals surface area contributed by atoms with Crippen molar-refractivity contribution in [1.82, 2.24) is 63.8 Å². The number of amides is 6. The van der Waals surface area contributed by atoms with E-state index in [9.17, 15) is 57.5 Å². The first-order valence-corrected chi connectivity index (χ1v) is 46.0. The van der Waals surface area contributed by atoms with Crippen molar-refractivity contribution in [3.63, 3.8) is 0 Å². The van der Waals surface area contributed by atoms with Crippen LogP contribution >= 0.6 is 0 Å². The molecule has 0 heterocycles. The molecule has 0 bridgehead atoms. The molecule has 0 spiro atoms. The van der Waals surface area contributed by atoms with Crippen LogP contribution < -0.4 is 98.2 Å². The Morgan fingerprint density at radius 3 is 0.556 bits per heavy atom. The molecule has 24 N–H and O–H groups in total. The summed E-state index contributed by atoms with van der Waals surface area (Å²) in [6.45, 7) is 9.25. The summed E-state index contributed by atoms with van der Waals surface area (Å²) in [4.78, 5) is 156. The lowest BCUT2D eigenvalue weighted by Crippen LogP contribution is -2.53. The Bertz CT molecular complexity index is 2560. The highest BCUT2D eigenvalue weighted by atomic mass is 16.6. The van der Waals surface area contributed by atoms with Crippen LogP contribution in [0.15, 0.2) is 0 Å². The van der Waals surface area contributed by atoms with Gasteiger partial charge in [0.25, 0.3) is 0 Å². The summed E-state index contributed by atoms with van der Waals surface area (Å²) in [6, 6.07) is 0. The van der Waals surface area contributed by atoms with E-state index in [2.05, 4.69) is 63.8 Å². The minimum atomic E-state index is -1.48. The number of nitrogens with two attached hydrogens (primary N) is 6. The number of rotatable bonds is 95. The lowest BCUT2D eigenvalue weighted by atomic mass is 10.0. The molecule has 0 aromatic carbocycles. The molecule has 4 atom stereocenters. The predicted molar refractivity (Wildman–Crippen MR) is 474 cm³/mol. The van der Waals surface area contributed by atoms with Crippen molar-refractivity contribution >= 4 is 71.3 Å². The number of ether oxygens (including phenoxy) is 12. The Morgan fingerprint density at radius 1 is 0.190 bits per heavy atom. The van der Waals surface area contributed by atoms with E-state index >= 15 is 0 Å². The van der Waals surface area contributed by atoms with Gasteiger partial charge in [0, 0.05) is 156 Å². The van der Waals surface area contributed by atoms with Gasteiger partial charge in [-0.05, 0) is 116 Å². The molecule has 0 saturated heterocycles. The highest BCUT2D eigenvalue weighted by molar-refractivity contribution is 5.84. The number of hydrogen-bond donors (Lipinski definition) is 18. The largest absolute Gasteiger partial charge is 0.463 e. The maximum absolute atomic E-state index is 13.4. The normalized spacial score (nSPS) is 12.1. The average molecular weight is 1810 g/mol. The fraction of sp³-hybridized carbons (Fsp3) is 0.857. The second-order valence-electron chi connectivity index (χ2n) is 29.7. The van der Waals surface area contributed by atoms with Gasteiger partial charge in [0.05, 0.1) is 91.4 Å². The molecule has 126 heavy (non-hydrogen) atoms. The van der Waals surface area contributed by atoms with Gasteiger partial charge in [-0.15, -0.1) is 0 Å². The third kappa shape index (κ3) is 81.4. The lowest BCUT2D eigenvalue weighted by molar-refractivity contribution is -0.207. The Morgan fingerprint density at radius 2 is 0.365 bits per heavy atom. The van der Waals surface area contributed by atoms with Gasteiger partial charge in [-0.2, -0.15) is 0 Å².